The summed E-state index contributed by atoms with van der Waals surface area (Å²) < 4.78 is 0.789. The third-order valence-electron chi connectivity index (χ3n) is 1.46. The summed E-state index contributed by atoms with van der Waals surface area (Å²) in [7, 11) is 6.21. The van der Waals surface area contributed by atoms with Gasteiger partial charge in [0, 0.05) is 6.42 Å². The number of nitrogens with zero attached hydrogens (tertiary/aromatic N) is 1. The molecule has 0 spiro atoms. The van der Waals surface area contributed by atoms with E-state index >= 15 is 0 Å². The molecule has 0 fully saturated rings. The molecule has 4 N–H and O–H groups in total. The second-order valence-electron chi connectivity index (χ2n) is 3.26. The number of rotatable bonds is 3. The van der Waals surface area contributed by atoms with Gasteiger partial charge in [0.05, 0.1) is 21.1 Å². The van der Waals surface area contributed by atoms with Crippen LogP contribution < -0.4 is 11.5 Å². The normalized spacial score (nSPS) is 15.7. The van der Waals surface area contributed by atoms with E-state index in [4.69, 9.17) is 11.5 Å². The van der Waals surface area contributed by atoms with Crippen molar-refractivity contribution in [2.45, 2.75) is 12.6 Å². The first-order valence-electron chi connectivity index (χ1n) is 3.25. The minimum absolute atomic E-state index is 0.176. The van der Waals surface area contributed by atoms with Gasteiger partial charge in [-0.25, -0.2) is 0 Å². The Hall–Kier alpha value is -0.120. The molecule has 0 aliphatic heterocycles. The van der Waals surface area contributed by atoms with Crippen LogP contribution in [0.3, 0.4) is 0 Å². The fraction of sp³-hybridized carbons (Fsp3) is 1.00. The van der Waals surface area contributed by atoms with Crippen molar-refractivity contribution in [1.29, 1.82) is 0 Å². The zero-order valence-corrected chi connectivity index (χ0v) is 6.59. The van der Waals surface area contributed by atoms with Crippen LogP contribution in [-0.4, -0.2) is 38.3 Å². The van der Waals surface area contributed by atoms with Crippen molar-refractivity contribution in [2.24, 2.45) is 11.5 Å². The summed E-state index contributed by atoms with van der Waals surface area (Å²) in [6, 6.07) is 0. The predicted octanol–water partition coefficient (Wildman–Crippen LogP) is -0.674. The van der Waals surface area contributed by atoms with Gasteiger partial charge < -0.3 is 10.2 Å². The molecule has 3 nitrogen and oxygen atoms in total. The Morgan fingerprint density at radius 2 is 1.78 bits per heavy atom. The van der Waals surface area contributed by atoms with Gasteiger partial charge in [0.2, 0.25) is 0 Å². The minimum atomic E-state index is 0.176. The van der Waals surface area contributed by atoms with Crippen molar-refractivity contribution < 1.29 is 4.48 Å². The lowest BCUT2D eigenvalue weighted by Crippen LogP contribution is -2.51. The number of nitrogens with two attached hydrogens (primary N) is 2. The Balaban J connectivity index is 3.59. The standard InChI is InChI=1S/C6H18N3/c1-9(2,3)6(8)4-5-7/h6H,4-5,7-8H2,1-3H3/q+1. The fourth-order valence-electron chi connectivity index (χ4n) is 0.558. The van der Waals surface area contributed by atoms with Crippen LogP contribution >= 0.6 is 0 Å². The summed E-state index contributed by atoms with van der Waals surface area (Å²) in [5.74, 6) is 0. The van der Waals surface area contributed by atoms with Crippen LogP contribution in [0.5, 0.6) is 0 Å². The molecule has 0 aromatic rings. The molecule has 1 unspecified atom stereocenters. The van der Waals surface area contributed by atoms with E-state index in [1.54, 1.807) is 0 Å². The van der Waals surface area contributed by atoms with Gasteiger partial charge >= 0.3 is 0 Å². The Morgan fingerprint density at radius 1 is 1.33 bits per heavy atom. The lowest BCUT2D eigenvalue weighted by Gasteiger charge is -2.30. The maximum atomic E-state index is 5.75. The molecular weight excluding hydrogens is 114 g/mol. The van der Waals surface area contributed by atoms with Crippen LogP contribution in [0.15, 0.2) is 0 Å². The van der Waals surface area contributed by atoms with E-state index in [0.29, 0.717) is 6.54 Å². The second-order valence-corrected chi connectivity index (χ2v) is 3.26. The van der Waals surface area contributed by atoms with Crippen LogP contribution in [0.2, 0.25) is 0 Å². The van der Waals surface area contributed by atoms with Gasteiger partial charge in [0.15, 0.2) is 0 Å². The van der Waals surface area contributed by atoms with Crippen LogP contribution in [0.4, 0.5) is 0 Å². The molecule has 0 radical (unpaired) electrons. The quantitative estimate of drug-likeness (QED) is 0.395. The largest absolute Gasteiger partial charge is 0.330 e. The Bertz CT molecular complexity index is 74.9. The second kappa shape index (κ2) is 3.15. The van der Waals surface area contributed by atoms with E-state index in [1.165, 1.54) is 0 Å². The molecule has 0 aromatic carbocycles. The SMILES string of the molecule is C[N+](C)(C)C(N)CCN. The number of quaternary nitrogens is 1. The zero-order valence-electron chi connectivity index (χ0n) is 6.59. The van der Waals surface area contributed by atoms with Crippen molar-refractivity contribution in [3.8, 4) is 0 Å². The first kappa shape index (κ1) is 8.88. The summed E-state index contributed by atoms with van der Waals surface area (Å²) in [5.41, 5.74) is 11.1. The average Bonchev–Trinajstić information content (AvgIpc) is 1.64. The van der Waals surface area contributed by atoms with Crippen molar-refractivity contribution in [1.82, 2.24) is 0 Å². The highest BCUT2D eigenvalue weighted by molar-refractivity contribution is 4.46. The maximum Gasteiger partial charge on any atom is 0.140 e. The molecule has 0 amide bonds. The van der Waals surface area contributed by atoms with Gasteiger partial charge in [-0.15, -0.1) is 0 Å². The van der Waals surface area contributed by atoms with Gasteiger partial charge in [0.25, 0.3) is 0 Å². The van der Waals surface area contributed by atoms with Crippen LogP contribution in [-0.2, 0) is 0 Å². The molecular formula is C6H18N3+. The van der Waals surface area contributed by atoms with Gasteiger partial charge in [-0.3, -0.25) is 5.73 Å². The summed E-state index contributed by atoms with van der Waals surface area (Å²) >= 11 is 0. The van der Waals surface area contributed by atoms with Crippen LogP contribution in [0.25, 0.3) is 0 Å². The third-order valence-corrected chi connectivity index (χ3v) is 1.46. The molecule has 0 aliphatic rings. The lowest BCUT2D eigenvalue weighted by atomic mass is 10.3. The minimum Gasteiger partial charge on any atom is -0.330 e. The Morgan fingerprint density at radius 3 is 1.89 bits per heavy atom. The van der Waals surface area contributed by atoms with Crippen molar-refractivity contribution >= 4 is 0 Å². The molecule has 0 heterocycles. The van der Waals surface area contributed by atoms with E-state index in [9.17, 15) is 0 Å². The molecule has 3 heteroatoms. The van der Waals surface area contributed by atoms with Crippen molar-refractivity contribution in [3.05, 3.63) is 0 Å². The maximum absolute atomic E-state index is 5.75. The summed E-state index contributed by atoms with van der Waals surface area (Å²) in [6.45, 7) is 0.677. The van der Waals surface area contributed by atoms with E-state index < -0.39 is 0 Å². The van der Waals surface area contributed by atoms with Gasteiger partial charge in [-0.1, -0.05) is 0 Å². The van der Waals surface area contributed by atoms with E-state index in [0.717, 1.165) is 10.9 Å². The molecule has 0 saturated heterocycles. The third kappa shape index (κ3) is 3.46. The molecule has 0 saturated carbocycles. The highest BCUT2D eigenvalue weighted by Crippen LogP contribution is 1.98. The van der Waals surface area contributed by atoms with E-state index in [2.05, 4.69) is 21.1 Å². The summed E-state index contributed by atoms with van der Waals surface area (Å²) in [6.07, 6.45) is 1.07. The summed E-state index contributed by atoms with van der Waals surface area (Å²) in [5, 5.41) is 0. The van der Waals surface area contributed by atoms with Crippen LogP contribution in [0, 0.1) is 0 Å². The Labute approximate surface area is 57.2 Å². The molecule has 9 heavy (non-hydrogen) atoms. The van der Waals surface area contributed by atoms with Gasteiger partial charge in [-0.05, 0) is 6.54 Å². The van der Waals surface area contributed by atoms with E-state index in [1.807, 2.05) is 0 Å². The van der Waals surface area contributed by atoms with Crippen molar-refractivity contribution in [3.63, 3.8) is 0 Å². The highest BCUT2D eigenvalue weighted by atomic mass is 15.4. The highest BCUT2D eigenvalue weighted by Gasteiger charge is 2.16. The molecule has 1 atom stereocenters. The van der Waals surface area contributed by atoms with Crippen molar-refractivity contribution in [2.75, 3.05) is 27.7 Å². The van der Waals surface area contributed by atoms with Gasteiger partial charge in [-0.2, -0.15) is 0 Å². The fourth-order valence-corrected chi connectivity index (χ4v) is 0.558. The molecule has 0 aliphatic carbocycles. The number of hydrogen-bond acceptors (Lipinski definition) is 2. The van der Waals surface area contributed by atoms with E-state index in [-0.39, 0.29) is 6.17 Å². The summed E-state index contributed by atoms with van der Waals surface area (Å²) in [4.78, 5) is 0. The van der Waals surface area contributed by atoms with Crippen LogP contribution in [0.1, 0.15) is 6.42 Å². The smallest absolute Gasteiger partial charge is 0.140 e. The zero-order chi connectivity index (χ0) is 7.49. The van der Waals surface area contributed by atoms with Gasteiger partial charge in [0.1, 0.15) is 6.17 Å². The molecule has 0 bridgehead atoms. The Kier molecular flexibility index (Phi) is 3.11. The topological polar surface area (TPSA) is 52.0 Å². The monoisotopic (exact) mass is 132 g/mol. The predicted molar refractivity (Wildman–Crippen MR) is 39.7 cm³/mol. The molecule has 0 rings (SSSR count). The first-order chi connectivity index (χ1) is 3.98. The lowest BCUT2D eigenvalue weighted by molar-refractivity contribution is -0.896. The first-order valence-corrected chi connectivity index (χ1v) is 3.25. The average molecular weight is 132 g/mol. The molecule has 0 aromatic heterocycles. The number of hydrogen-bond donors (Lipinski definition) is 2. The molecule has 56 valence electrons.